The zero-order valence-corrected chi connectivity index (χ0v) is 13.4. The highest BCUT2D eigenvalue weighted by Crippen LogP contribution is 2.45. The van der Waals surface area contributed by atoms with Crippen LogP contribution in [0, 0.1) is 0 Å². The predicted octanol–water partition coefficient (Wildman–Crippen LogP) is 3.92. The Hall–Kier alpha value is -1.71. The molecule has 120 valence electrons. The monoisotopic (exact) mass is 302 g/mol. The van der Waals surface area contributed by atoms with Gasteiger partial charge in [0.15, 0.2) is 0 Å². The van der Waals surface area contributed by atoms with Gasteiger partial charge in [0.1, 0.15) is 11.4 Å². The van der Waals surface area contributed by atoms with Crippen molar-refractivity contribution in [1.82, 2.24) is 10.6 Å². The Morgan fingerprint density at radius 2 is 2.05 bits per heavy atom. The van der Waals surface area contributed by atoms with Gasteiger partial charge in [0.05, 0.1) is 6.04 Å². The van der Waals surface area contributed by atoms with Crippen LogP contribution in [0.15, 0.2) is 24.3 Å². The number of nitrogens with one attached hydrogen (secondary N) is 2. The molecule has 4 nitrogen and oxygen atoms in total. The molecule has 0 aromatic heterocycles. The number of hydrogen-bond acceptors (Lipinski definition) is 2. The van der Waals surface area contributed by atoms with E-state index in [-0.39, 0.29) is 17.7 Å². The average Bonchev–Trinajstić information content (AvgIpc) is 2.53. The highest BCUT2D eigenvalue weighted by molar-refractivity contribution is 5.74. The fraction of sp³-hybridized carbons (Fsp3) is 0.611. The maximum Gasteiger partial charge on any atom is 0.315 e. The fourth-order valence-corrected chi connectivity index (χ4v) is 3.70. The molecule has 0 saturated heterocycles. The van der Waals surface area contributed by atoms with Crippen molar-refractivity contribution >= 4 is 6.03 Å². The van der Waals surface area contributed by atoms with Crippen molar-refractivity contribution in [1.29, 1.82) is 0 Å². The maximum absolute atomic E-state index is 12.1. The van der Waals surface area contributed by atoms with Gasteiger partial charge in [0.2, 0.25) is 0 Å². The number of hydrogen-bond donors (Lipinski definition) is 2. The molecular formula is C18H26N2O2. The lowest BCUT2D eigenvalue weighted by molar-refractivity contribution is -0.00118. The van der Waals surface area contributed by atoms with Crippen molar-refractivity contribution in [2.24, 2.45) is 0 Å². The van der Waals surface area contributed by atoms with Gasteiger partial charge in [-0.15, -0.1) is 0 Å². The quantitative estimate of drug-likeness (QED) is 0.889. The van der Waals surface area contributed by atoms with Crippen LogP contribution in [0.3, 0.4) is 0 Å². The summed E-state index contributed by atoms with van der Waals surface area (Å²) in [5.41, 5.74) is 1.01. The number of amides is 2. The SMILES string of the molecule is CCCNC(=O)NC1CC2(CCCCC2)Oc2ccccc21. The molecule has 1 saturated carbocycles. The minimum atomic E-state index is -0.0880. The smallest absolute Gasteiger partial charge is 0.315 e. The number of carbonyl (C=O) groups is 1. The highest BCUT2D eigenvalue weighted by atomic mass is 16.5. The summed E-state index contributed by atoms with van der Waals surface area (Å²) in [4.78, 5) is 12.1. The van der Waals surface area contributed by atoms with Crippen LogP contribution in [-0.2, 0) is 0 Å². The van der Waals surface area contributed by atoms with E-state index < -0.39 is 0 Å². The van der Waals surface area contributed by atoms with E-state index >= 15 is 0 Å². The van der Waals surface area contributed by atoms with Gasteiger partial charge in [-0.1, -0.05) is 31.5 Å². The van der Waals surface area contributed by atoms with E-state index in [1.54, 1.807) is 0 Å². The third-order valence-corrected chi connectivity index (χ3v) is 4.80. The van der Waals surface area contributed by atoms with Crippen LogP contribution in [0.5, 0.6) is 5.75 Å². The van der Waals surface area contributed by atoms with Crippen LogP contribution in [0.1, 0.15) is 63.5 Å². The molecule has 2 aliphatic rings. The topological polar surface area (TPSA) is 50.4 Å². The van der Waals surface area contributed by atoms with Crippen molar-refractivity contribution in [3.63, 3.8) is 0 Å². The molecule has 1 spiro atoms. The first-order valence-corrected chi connectivity index (χ1v) is 8.55. The van der Waals surface area contributed by atoms with E-state index in [1.165, 1.54) is 19.3 Å². The van der Waals surface area contributed by atoms with Crippen LogP contribution in [-0.4, -0.2) is 18.2 Å². The van der Waals surface area contributed by atoms with Gasteiger partial charge in [-0.25, -0.2) is 4.79 Å². The second-order valence-corrected chi connectivity index (χ2v) is 6.54. The zero-order valence-electron chi connectivity index (χ0n) is 13.4. The van der Waals surface area contributed by atoms with E-state index in [0.29, 0.717) is 6.54 Å². The van der Waals surface area contributed by atoms with Gasteiger partial charge >= 0.3 is 6.03 Å². The van der Waals surface area contributed by atoms with Gasteiger partial charge in [0, 0.05) is 18.5 Å². The summed E-state index contributed by atoms with van der Waals surface area (Å²) >= 11 is 0. The predicted molar refractivity (Wildman–Crippen MR) is 87.1 cm³/mol. The van der Waals surface area contributed by atoms with E-state index in [2.05, 4.69) is 23.6 Å². The van der Waals surface area contributed by atoms with Gasteiger partial charge in [-0.3, -0.25) is 0 Å². The summed E-state index contributed by atoms with van der Waals surface area (Å²) in [5, 5.41) is 6.06. The minimum absolute atomic E-state index is 0.0416. The zero-order chi connectivity index (χ0) is 15.4. The summed E-state index contributed by atoms with van der Waals surface area (Å²) in [6, 6.07) is 8.09. The second kappa shape index (κ2) is 6.59. The van der Waals surface area contributed by atoms with E-state index in [1.807, 2.05) is 18.2 Å². The number of fused-ring (bicyclic) bond motifs is 1. The largest absolute Gasteiger partial charge is 0.487 e. The molecule has 4 heteroatoms. The second-order valence-electron chi connectivity index (χ2n) is 6.54. The van der Waals surface area contributed by atoms with Crippen LogP contribution < -0.4 is 15.4 Å². The van der Waals surface area contributed by atoms with Gasteiger partial charge in [-0.2, -0.15) is 0 Å². The molecule has 22 heavy (non-hydrogen) atoms. The molecular weight excluding hydrogens is 276 g/mol. The van der Waals surface area contributed by atoms with Gasteiger partial charge < -0.3 is 15.4 Å². The molecule has 1 fully saturated rings. The number of para-hydroxylation sites is 1. The molecule has 1 heterocycles. The van der Waals surface area contributed by atoms with Gasteiger partial charge in [0.25, 0.3) is 0 Å². The molecule has 1 aromatic rings. The maximum atomic E-state index is 12.1. The molecule has 2 amide bonds. The molecule has 1 unspecified atom stereocenters. The first kappa shape index (κ1) is 15.2. The summed E-state index contributed by atoms with van der Waals surface area (Å²) in [5.74, 6) is 0.941. The minimum Gasteiger partial charge on any atom is -0.487 e. The summed E-state index contributed by atoms with van der Waals surface area (Å²) < 4.78 is 6.38. The number of urea groups is 1. The molecule has 1 aliphatic heterocycles. The van der Waals surface area contributed by atoms with E-state index in [4.69, 9.17) is 4.74 Å². The number of benzene rings is 1. The standard InChI is InChI=1S/C18H26N2O2/c1-2-12-19-17(21)20-15-13-18(10-6-3-7-11-18)22-16-9-5-4-8-14(15)16/h4-5,8-9,15H,2-3,6-7,10-13H2,1H3,(H2,19,20,21). The lowest BCUT2D eigenvalue weighted by Gasteiger charge is -2.44. The summed E-state index contributed by atoms with van der Waals surface area (Å²) in [6.45, 7) is 2.77. The molecule has 1 aromatic carbocycles. The highest BCUT2D eigenvalue weighted by Gasteiger charge is 2.42. The van der Waals surface area contributed by atoms with Gasteiger partial charge in [-0.05, 0) is 38.2 Å². The van der Waals surface area contributed by atoms with Crippen LogP contribution >= 0.6 is 0 Å². The third-order valence-electron chi connectivity index (χ3n) is 4.80. The summed E-state index contributed by atoms with van der Waals surface area (Å²) in [7, 11) is 0. The average molecular weight is 302 g/mol. The molecule has 3 rings (SSSR count). The van der Waals surface area contributed by atoms with Crippen molar-refractivity contribution in [2.45, 2.75) is 63.5 Å². The van der Waals surface area contributed by atoms with Crippen molar-refractivity contribution in [3.8, 4) is 5.75 Å². The van der Waals surface area contributed by atoms with E-state index in [9.17, 15) is 4.79 Å². The van der Waals surface area contributed by atoms with E-state index in [0.717, 1.165) is 37.0 Å². The van der Waals surface area contributed by atoms with Crippen molar-refractivity contribution in [2.75, 3.05) is 6.54 Å². The lowest BCUT2D eigenvalue weighted by atomic mass is 9.77. The number of ether oxygens (including phenoxy) is 1. The van der Waals surface area contributed by atoms with Crippen LogP contribution in [0.25, 0.3) is 0 Å². The fourth-order valence-electron chi connectivity index (χ4n) is 3.70. The molecule has 1 atom stereocenters. The Morgan fingerprint density at radius 1 is 1.27 bits per heavy atom. The number of rotatable bonds is 3. The van der Waals surface area contributed by atoms with Crippen LogP contribution in [0.2, 0.25) is 0 Å². The van der Waals surface area contributed by atoms with Crippen molar-refractivity contribution in [3.05, 3.63) is 29.8 Å². The molecule has 0 radical (unpaired) electrons. The first-order valence-electron chi connectivity index (χ1n) is 8.55. The number of carbonyl (C=O) groups excluding carboxylic acids is 1. The Kier molecular flexibility index (Phi) is 4.55. The molecule has 2 N–H and O–H groups in total. The Bertz CT molecular complexity index is 524. The van der Waals surface area contributed by atoms with Crippen molar-refractivity contribution < 1.29 is 9.53 Å². The Labute approximate surface area is 132 Å². The first-order chi connectivity index (χ1) is 10.7. The normalized spacial score (nSPS) is 22.5. The Morgan fingerprint density at radius 3 is 2.82 bits per heavy atom. The lowest BCUT2D eigenvalue weighted by Crippen LogP contribution is -2.48. The summed E-state index contributed by atoms with van der Waals surface area (Å²) in [6.07, 6.45) is 7.74. The Balaban J connectivity index is 1.79. The van der Waals surface area contributed by atoms with Crippen LogP contribution in [0.4, 0.5) is 4.79 Å². The molecule has 0 bridgehead atoms. The molecule has 1 aliphatic carbocycles. The third kappa shape index (κ3) is 3.21.